The van der Waals surface area contributed by atoms with Gasteiger partial charge in [-0.2, -0.15) is 27.8 Å². The minimum Gasteiger partial charge on any atom is -0.472 e. The summed E-state index contributed by atoms with van der Waals surface area (Å²) < 4.78 is 43.1. The first kappa shape index (κ1) is 24.2. The summed E-state index contributed by atoms with van der Waals surface area (Å²) in [6.07, 6.45) is 4.78. The van der Waals surface area contributed by atoms with Crippen molar-refractivity contribution in [1.82, 2.24) is 24.5 Å². The van der Waals surface area contributed by atoms with Gasteiger partial charge in [-0.3, -0.25) is 9.28 Å². The van der Waals surface area contributed by atoms with E-state index in [-0.39, 0.29) is 24.2 Å². The Kier molecular flexibility index (Phi) is 6.84. The van der Waals surface area contributed by atoms with Gasteiger partial charge < -0.3 is 19.7 Å². The maximum Gasteiger partial charge on any atom is 0.338 e. The van der Waals surface area contributed by atoms with Crippen molar-refractivity contribution in [2.24, 2.45) is 0 Å². The van der Waals surface area contributed by atoms with Crippen molar-refractivity contribution in [3.8, 4) is 5.88 Å². The first-order valence-corrected chi connectivity index (χ1v) is 13.4. The molecule has 3 fully saturated rings. The molecule has 0 aliphatic carbocycles. The molecule has 4 atom stereocenters. The van der Waals surface area contributed by atoms with Crippen molar-refractivity contribution in [3.63, 3.8) is 0 Å². The minimum absolute atomic E-state index is 0.0506. The molecule has 12 nitrogen and oxygen atoms in total. The summed E-state index contributed by atoms with van der Waals surface area (Å²) in [6.45, 7) is 3.14. The molecule has 2 N–H and O–H groups in total. The van der Waals surface area contributed by atoms with Crippen LogP contribution in [-0.4, -0.2) is 84.5 Å². The fourth-order valence-corrected chi connectivity index (χ4v) is 6.61. The third kappa shape index (κ3) is 5.22. The average molecular weight is 508 g/mol. The van der Waals surface area contributed by atoms with Crippen LogP contribution in [-0.2, 0) is 19.2 Å². The molecule has 5 heterocycles. The van der Waals surface area contributed by atoms with E-state index >= 15 is 0 Å². The molecule has 2 aromatic heterocycles. The first-order chi connectivity index (χ1) is 16.8. The lowest BCUT2D eigenvalue weighted by Gasteiger charge is -2.48. The molecule has 3 saturated heterocycles. The quantitative estimate of drug-likeness (QED) is 0.547. The van der Waals surface area contributed by atoms with Crippen LogP contribution in [0.5, 0.6) is 5.88 Å². The van der Waals surface area contributed by atoms with E-state index in [4.69, 9.17) is 23.6 Å². The minimum atomic E-state index is -3.72. The molecule has 0 aromatic carbocycles. The maximum absolute atomic E-state index is 12.6. The summed E-state index contributed by atoms with van der Waals surface area (Å²) in [4.78, 5) is 11.5. The molecule has 3 aliphatic heterocycles. The highest BCUT2D eigenvalue weighted by Gasteiger charge is 2.46. The van der Waals surface area contributed by atoms with Crippen LogP contribution >= 0.6 is 0 Å². The van der Waals surface area contributed by atoms with Crippen molar-refractivity contribution in [2.45, 2.75) is 69.7 Å². The Balaban J connectivity index is 1.40. The Morgan fingerprint density at radius 3 is 2.57 bits per heavy atom. The molecule has 0 unspecified atom stereocenters. The van der Waals surface area contributed by atoms with Crippen molar-refractivity contribution >= 4 is 27.9 Å². The molecular formula is C22H33N7O5S. The second-order valence-electron chi connectivity index (χ2n) is 9.49. The van der Waals surface area contributed by atoms with E-state index in [1.807, 2.05) is 24.9 Å². The highest BCUT2D eigenvalue weighted by molar-refractivity contribution is 7.84. The van der Waals surface area contributed by atoms with Gasteiger partial charge in [0.2, 0.25) is 11.8 Å². The number of aromatic amines is 1. The molecule has 2 aromatic rings. The average Bonchev–Trinajstić information content (AvgIpc) is 3.49. The Morgan fingerprint density at radius 2 is 1.94 bits per heavy atom. The standard InChI is InChI=1S/C22H33N7O5S/c1-14-9-20(27-26-14)23-19-12-21(34-18-7-8-33-13-18)25-22(24-19)28(2)17-10-15-5-4-6-16(11-17)29(15)35(30,31)32-3/h9,12,15-18H,4-8,10-11,13H2,1-3H3,(H2,23,24,25,26,27)/t15-,16+,17-,18-/m1/s1. The molecule has 3 aliphatic rings. The zero-order valence-electron chi connectivity index (χ0n) is 20.3. The summed E-state index contributed by atoms with van der Waals surface area (Å²) in [5.41, 5.74) is 0.933. The predicted octanol–water partition coefficient (Wildman–Crippen LogP) is 2.13. The lowest BCUT2D eigenvalue weighted by atomic mass is 9.83. The van der Waals surface area contributed by atoms with Gasteiger partial charge in [0, 0.05) is 49.4 Å². The molecular weight excluding hydrogens is 474 g/mol. The van der Waals surface area contributed by atoms with Crippen molar-refractivity contribution in [1.29, 1.82) is 0 Å². The Bertz CT molecular complexity index is 1120. The molecule has 0 radical (unpaired) electrons. The largest absolute Gasteiger partial charge is 0.472 e. The van der Waals surface area contributed by atoms with E-state index in [1.165, 1.54) is 7.11 Å². The number of ether oxygens (including phenoxy) is 2. The zero-order valence-corrected chi connectivity index (χ0v) is 21.1. The number of rotatable bonds is 8. The van der Waals surface area contributed by atoms with Crippen molar-refractivity contribution < 1.29 is 22.1 Å². The van der Waals surface area contributed by atoms with Crippen molar-refractivity contribution in [3.05, 3.63) is 17.8 Å². The Hall–Kier alpha value is -2.48. The molecule has 5 rings (SSSR count). The van der Waals surface area contributed by atoms with E-state index in [9.17, 15) is 8.42 Å². The number of nitrogens with zero attached hydrogens (tertiary/aromatic N) is 5. The SMILES string of the molecule is COS(=O)(=O)N1[C@@H]2CCC[C@H]1C[C@H](N(C)c1nc(Nc3cc(C)[nH]n3)cc(O[C@@H]3CCOC3)n1)C2. The van der Waals surface area contributed by atoms with Gasteiger partial charge in [-0.25, -0.2) is 0 Å². The van der Waals surface area contributed by atoms with Gasteiger partial charge in [0.05, 0.1) is 20.3 Å². The zero-order chi connectivity index (χ0) is 24.6. The third-order valence-electron chi connectivity index (χ3n) is 7.04. The van der Waals surface area contributed by atoms with Crippen LogP contribution in [0.1, 0.15) is 44.2 Å². The second-order valence-corrected chi connectivity index (χ2v) is 11.1. The number of piperidine rings is 2. The second kappa shape index (κ2) is 9.88. The van der Waals surface area contributed by atoms with E-state index in [0.717, 1.165) is 31.4 Å². The van der Waals surface area contributed by atoms with Crippen LogP contribution in [0.2, 0.25) is 0 Å². The van der Waals surface area contributed by atoms with E-state index in [2.05, 4.69) is 15.5 Å². The number of anilines is 3. The molecule has 192 valence electrons. The normalized spacial score (nSPS) is 27.1. The Labute approximate surface area is 205 Å². The molecule has 13 heteroatoms. The summed E-state index contributed by atoms with van der Waals surface area (Å²) in [6, 6.07) is 3.55. The topological polar surface area (TPSA) is 135 Å². The smallest absolute Gasteiger partial charge is 0.338 e. The number of fused-ring (bicyclic) bond motifs is 2. The third-order valence-corrected chi connectivity index (χ3v) is 8.58. The summed E-state index contributed by atoms with van der Waals surface area (Å²) >= 11 is 0. The number of aryl methyl sites for hydroxylation is 1. The fraction of sp³-hybridized carbons (Fsp3) is 0.682. The highest BCUT2D eigenvalue weighted by atomic mass is 32.2. The highest BCUT2D eigenvalue weighted by Crippen LogP contribution is 2.39. The summed E-state index contributed by atoms with van der Waals surface area (Å²) in [7, 11) is -0.533. The number of hydrogen-bond acceptors (Lipinski definition) is 10. The van der Waals surface area contributed by atoms with Gasteiger partial charge in [0.1, 0.15) is 11.9 Å². The maximum atomic E-state index is 12.6. The fourth-order valence-electron chi connectivity index (χ4n) is 5.33. The van der Waals surface area contributed by atoms with Gasteiger partial charge in [-0.1, -0.05) is 6.42 Å². The predicted molar refractivity (Wildman–Crippen MR) is 129 cm³/mol. The molecule has 2 bridgehead atoms. The van der Waals surface area contributed by atoms with E-state index in [0.29, 0.717) is 49.5 Å². The number of aromatic nitrogens is 4. The Morgan fingerprint density at radius 1 is 1.17 bits per heavy atom. The van der Waals surface area contributed by atoms with Crippen LogP contribution in [0.4, 0.5) is 17.6 Å². The van der Waals surface area contributed by atoms with Crippen molar-refractivity contribution in [2.75, 3.05) is 37.6 Å². The van der Waals surface area contributed by atoms with Crippen LogP contribution in [0.3, 0.4) is 0 Å². The monoisotopic (exact) mass is 507 g/mol. The molecule has 0 saturated carbocycles. The van der Waals surface area contributed by atoms with Gasteiger partial charge >= 0.3 is 10.3 Å². The van der Waals surface area contributed by atoms with Gasteiger partial charge in [0.25, 0.3) is 0 Å². The lowest BCUT2D eigenvalue weighted by molar-refractivity contribution is 0.0952. The van der Waals surface area contributed by atoms with Crippen LogP contribution in [0.15, 0.2) is 12.1 Å². The van der Waals surface area contributed by atoms with Crippen LogP contribution in [0, 0.1) is 6.92 Å². The molecule has 0 amide bonds. The van der Waals surface area contributed by atoms with Crippen LogP contribution in [0.25, 0.3) is 0 Å². The molecule has 35 heavy (non-hydrogen) atoms. The first-order valence-electron chi connectivity index (χ1n) is 12.1. The van der Waals surface area contributed by atoms with Gasteiger partial charge in [0.15, 0.2) is 5.82 Å². The van der Waals surface area contributed by atoms with Crippen LogP contribution < -0.4 is 15.0 Å². The molecule has 0 spiro atoms. The number of H-pyrrole nitrogens is 1. The van der Waals surface area contributed by atoms with Gasteiger partial charge in [-0.05, 0) is 32.6 Å². The van der Waals surface area contributed by atoms with E-state index < -0.39 is 10.3 Å². The lowest BCUT2D eigenvalue weighted by Crippen LogP contribution is -2.58. The number of nitrogens with one attached hydrogen (secondary N) is 2. The summed E-state index contributed by atoms with van der Waals surface area (Å²) in [5.74, 6) is 2.20. The summed E-state index contributed by atoms with van der Waals surface area (Å²) in [5, 5.41) is 10.4. The van der Waals surface area contributed by atoms with Gasteiger partial charge in [-0.15, -0.1) is 0 Å². The van der Waals surface area contributed by atoms with E-state index in [1.54, 1.807) is 10.4 Å². The number of hydrogen-bond donors (Lipinski definition) is 2.